The van der Waals surface area contributed by atoms with Gasteiger partial charge in [0.1, 0.15) is 11.2 Å². The molecule has 0 fully saturated rings. The zero-order valence-electron chi connectivity index (χ0n) is 35.5. The van der Waals surface area contributed by atoms with Crippen LogP contribution < -0.4 is 4.90 Å². The Hall–Kier alpha value is -8.46. The van der Waals surface area contributed by atoms with Crippen LogP contribution in [0, 0.1) is 0 Å². The highest BCUT2D eigenvalue weighted by Gasteiger charge is 2.46. The lowest BCUT2D eigenvalue weighted by Crippen LogP contribution is -2.28. The lowest BCUT2D eigenvalue weighted by molar-refractivity contribution is 0.669. The Morgan fingerprint density at radius 2 is 0.892 bits per heavy atom. The highest BCUT2D eigenvalue weighted by molar-refractivity contribution is 6.09. The minimum atomic E-state index is -0.575. The first-order chi connectivity index (χ1) is 32.2. The summed E-state index contributed by atoms with van der Waals surface area (Å²) in [5.41, 5.74) is 16.8. The molecule has 0 saturated carbocycles. The third kappa shape index (κ3) is 5.74. The van der Waals surface area contributed by atoms with Crippen LogP contribution in [0.3, 0.4) is 0 Å². The van der Waals surface area contributed by atoms with Crippen LogP contribution in [0.25, 0.3) is 76.9 Å². The highest BCUT2D eigenvalue weighted by Crippen LogP contribution is 2.57. The summed E-state index contributed by atoms with van der Waals surface area (Å²) in [7, 11) is 0. The minimum Gasteiger partial charge on any atom is -0.456 e. The third-order valence-corrected chi connectivity index (χ3v) is 13.8. The zero-order chi connectivity index (χ0) is 42.9. The van der Waals surface area contributed by atoms with E-state index >= 15 is 0 Å². The monoisotopic (exact) mass is 827 g/mol. The van der Waals surface area contributed by atoms with Gasteiger partial charge in [0.25, 0.3) is 0 Å². The van der Waals surface area contributed by atoms with Crippen molar-refractivity contribution < 1.29 is 4.42 Å². The van der Waals surface area contributed by atoms with Crippen molar-refractivity contribution in [3.8, 4) is 33.4 Å². The fraction of sp³-hybridized carbons (Fsp3) is 0.0159. The summed E-state index contributed by atoms with van der Waals surface area (Å²) < 4.78 is 6.53. The van der Waals surface area contributed by atoms with E-state index < -0.39 is 5.41 Å². The predicted octanol–water partition coefficient (Wildman–Crippen LogP) is 17.1. The lowest BCUT2D eigenvalue weighted by atomic mass is 9.67. The molecule has 0 spiro atoms. The summed E-state index contributed by atoms with van der Waals surface area (Å²) in [6.07, 6.45) is 0. The molecule has 13 rings (SSSR count). The summed E-state index contributed by atoms with van der Waals surface area (Å²) in [4.78, 5) is 2.40. The van der Waals surface area contributed by atoms with Crippen molar-refractivity contribution in [3.63, 3.8) is 0 Å². The molecule has 1 unspecified atom stereocenters. The first-order valence-corrected chi connectivity index (χ1v) is 22.4. The second kappa shape index (κ2) is 14.8. The molecule has 2 nitrogen and oxygen atoms in total. The van der Waals surface area contributed by atoms with Gasteiger partial charge in [-0.3, -0.25) is 0 Å². The summed E-state index contributed by atoms with van der Waals surface area (Å²) in [6, 6.07) is 91.0. The molecule has 0 N–H and O–H groups in total. The molecule has 304 valence electrons. The van der Waals surface area contributed by atoms with Crippen molar-refractivity contribution >= 4 is 60.5 Å². The topological polar surface area (TPSA) is 16.4 Å². The van der Waals surface area contributed by atoms with E-state index in [0.717, 1.165) is 39.0 Å². The van der Waals surface area contributed by atoms with Crippen LogP contribution >= 0.6 is 0 Å². The minimum absolute atomic E-state index is 0.575. The van der Waals surface area contributed by atoms with Crippen LogP contribution in [0.2, 0.25) is 0 Å². The molecule has 65 heavy (non-hydrogen) atoms. The molecule has 1 aliphatic carbocycles. The van der Waals surface area contributed by atoms with Crippen LogP contribution in [0.5, 0.6) is 0 Å². The Morgan fingerprint density at radius 3 is 1.74 bits per heavy atom. The van der Waals surface area contributed by atoms with Gasteiger partial charge < -0.3 is 9.32 Å². The number of anilines is 3. The van der Waals surface area contributed by atoms with E-state index in [4.69, 9.17) is 4.42 Å². The maximum atomic E-state index is 6.53. The summed E-state index contributed by atoms with van der Waals surface area (Å²) in [5.74, 6) is 0. The Labute approximate surface area is 377 Å². The van der Waals surface area contributed by atoms with E-state index in [1.54, 1.807) is 0 Å². The van der Waals surface area contributed by atoms with Gasteiger partial charge in [-0.25, -0.2) is 0 Å². The van der Waals surface area contributed by atoms with Gasteiger partial charge in [0.2, 0.25) is 0 Å². The van der Waals surface area contributed by atoms with Crippen molar-refractivity contribution in [1.29, 1.82) is 0 Å². The fourth-order valence-corrected chi connectivity index (χ4v) is 10.9. The average molecular weight is 828 g/mol. The van der Waals surface area contributed by atoms with Crippen molar-refractivity contribution in [2.24, 2.45) is 0 Å². The van der Waals surface area contributed by atoms with Gasteiger partial charge in [-0.1, -0.05) is 200 Å². The molecule has 0 amide bonds. The zero-order valence-corrected chi connectivity index (χ0v) is 35.5. The van der Waals surface area contributed by atoms with E-state index in [1.165, 1.54) is 77.2 Å². The van der Waals surface area contributed by atoms with Gasteiger partial charge in [0.15, 0.2) is 0 Å². The number of hydrogen-bond donors (Lipinski definition) is 0. The van der Waals surface area contributed by atoms with Gasteiger partial charge in [0, 0.05) is 33.6 Å². The van der Waals surface area contributed by atoms with Crippen LogP contribution in [0.4, 0.5) is 17.1 Å². The summed E-state index contributed by atoms with van der Waals surface area (Å²) >= 11 is 0. The van der Waals surface area contributed by atoms with Crippen LogP contribution in [-0.4, -0.2) is 0 Å². The standard InChI is InChI=1S/C63H41NO/c1-3-16-42(17-4-1)51-38-39-60(55-25-10-9-23-52(51)55)64(48-35-37-57-56-26-12-14-29-61(56)65-62(57)41-48)47-33-31-46(32-34-47)63(45-20-5-2-6-21-45)58-28-13-11-24-53(58)54-36-30-44(40-59(54)63)50-27-15-19-43-18-7-8-22-49(43)50/h1-41H. The van der Waals surface area contributed by atoms with E-state index in [9.17, 15) is 0 Å². The number of rotatable bonds is 7. The van der Waals surface area contributed by atoms with Gasteiger partial charge in [-0.2, -0.15) is 0 Å². The Morgan fingerprint density at radius 1 is 0.308 bits per heavy atom. The number of benzene rings is 11. The lowest BCUT2D eigenvalue weighted by Gasteiger charge is -2.35. The highest BCUT2D eigenvalue weighted by atomic mass is 16.3. The Bertz CT molecular complexity index is 3770. The SMILES string of the molecule is c1ccc(-c2ccc(N(c3ccc(C4(c5ccccc5)c5ccccc5-c5ccc(-c6cccc7ccccc67)cc54)cc3)c3ccc4c(c3)oc3ccccc34)c3ccccc23)cc1. The van der Waals surface area contributed by atoms with E-state index in [-0.39, 0.29) is 0 Å². The van der Waals surface area contributed by atoms with E-state index in [0.29, 0.717) is 0 Å². The first kappa shape index (κ1) is 37.1. The fourth-order valence-electron chi connectivity index (χ4n) is 10.9. The van der Waals surface area contributed by atoms with Gasteiger partial charge in [0.05, 0.1) is 11.1 Å². The van der Waals surface area contributed by atoms with Gasteiger partial charge in [-0.05, 0) is 114 Å². The molecule has 12 aromatic rings. The summed E-state index contributed by atoms with van der Waals surface area (Å²) in [6.45, 7) is 0. The Kier molecular flexibility index (Phi) is 8.47. The molecule has 2 heteroatoms. The molecule has 0 aliphatic heterocycles. The maximum absolute atomic E-state index is 6.53. The molecule has 1 heterocycles. The number of furan rings is 1. The summed E-state index contributed by atoms with van der Waals surface area (Å²) in [5, 5.41) is 7.09. The second-order valence-electron chi connectivity index (χ2n) is 17.2. The van der Waals surface area contributed by atoms with Crippen molar-refractivity contribution in [1.82, 2.24) is 0 Å². The van der Waals surface area contributed by atoms with Crippen LogP contribution in [0.1, 0.15) is 22.3 Å². The van der Waals surface area contributed by atoms with Crippen LogP contribution in [-0.2, 0) is 5.41 Å². The number of hydrogen-bond acceptors (Lipinski definition) is 2. The van der Waals surface area contributed by atoms with E-state index in [2.05, 4.69) is 241 Å². The molecule has 0 radical (unpaired) electrons. The number of para-hydroxylation sites is 1. The molecule has 1 atom stereocenters. The Balaban J connectivity index is 1.03. The quantitative estimate of drug-likeness (QED) is 0.159. The number of nitrogens with zero attached hydrogens (tertiary/aromatic N) is 1. The largest absolute Gasteiger partial charge is 0.456 e. The molecule has 1 aromatic heterocycles. The molecule has 0 saturated heterocycles. The van der Waals surface area contributed by atoms with Crippen molar-refractivity contribution in [2.75, 3.05) is 4.90 Å². The molecule has 0 bridgehead atoms. The smallest absolute Gasteiger partial charge is 0.137 e. The van der Waals surface area contributed by atoms with Crippen LogP contribution in [0.15, 0.2) is 253 Å². The van der Waals surface area contributed by atoms with E-state index in [1.807, 2.05) is 12.1 Å². The third-order valence-electron chi connectivity index (χ3n) is 13.8. The molecular weight excluding hydrogens is 787 g/mol. The first-order valence-electron chi connectivity index (χ1n) is 22.4. The number of fused-ring (bicyclic) bond motifs is 8. The maximum Gasteiger partial charge on any atom is 0.137 e. The average Bonchev–Trinajstić information content (AvgIpc) is 3.90. The van der Waals surface area contributed by atoms with Gasteiger partial charge in [-0.15, -0.1) is 0 Å². The molecule has 1 aliphatic rings. The second-order valence-corrected chi connectivity index (χ2v) is 17.2. The van der Waals surface area contributed by atoms with Gasteiger partial charge >= 0.3 is 0 Å². The predicted molar refractivity (Wildman–Crippen MR) is 272 cm³/mol. The molecular formula is C63H41NO. The van der Waals surface area contributed by atoms with Crippen molar-refractivity contribution in [2.45, 2.75) is 5.41 Å². The van der Waals surface area contributed by atoms with Crippen molar-refractivity contribution in [3.05, 3.63) is 271 Å². The normalized spacial score (nSPS) is 14.2. The molecule has 11 aromatic carbocycles.